The monoisotopic (exact) mass is 292 g/mol. The highest BCUT2D eigenvalue weighted by atomic mass is 32.2. The van der Waals surface area contributed by atoms with Crippen molar-refractivity contribution in [1.82, 2.24) is 10.0 Å². The third-order valence-corrected chi connectivity index (χ3v) is 3.36. The quantitative estimate of drug-likeness (QED) is 0.376. The van der Waals surface area contributed by atoms with Gasteiger partial charge >= 0.3 is 11.9 Å². The summed E-state index contributed by atoms with van der Waals surface area (Å²) in [5.74, 6) is 0.637. The van der Waals surface area contributed by atoms with Crippen LogP contribution in [0.5, 0.6) is 0 Å². The number of hydrogen-bond acceptors (Lipinski definition) is 7. The Morgan fingerprint density at radius 1 is 1.41 bits per heavy atom. The summed E-state index contributed by atoms with van der Waals surface area (Å²) in [7, 11) is 1.38. The molecule has 0 aliphatic carbocycles. The maximum atomic E-state index is 12.5. The second-order valence-corrected chi connectivity index (χ2v) is 4.67. The van der Waals surface area contributed by atoms with Gasteiger partial charge in [0.25, 0.3) is 0 Å². The minimum atomic E-state index is -2.95. The molecule has 104 valence electrons. The van der Waals surface area contributed by atoms with Crippen LogP contribution in [0.15, 0.2) is 0 Å². The van der Waals surface area contributed by atoms with Gasteiger partial charge in [0.2, 0.25) is 0 Å². The maximum absolute atomic E-state index is 12.5. The van der Waals surface area contributed by atoms with E-state index in [9.17, 15) is 8.78 Å². The van der Waals surface area contributed by atoms with Gasteiger partial charge in [-0.2, -0.15) is 8.78 Å². The van der Waals surface area contributed by atoms with Gasteiger partial charge in [-0.1, -0.05) is 35.0 Å². The van der Waals surface area contributed by atoms with Gasteiger partial charge in [0.05, 0.1) is 7.11 Å². The molecule has 0 rings (SSSR count). The Bertz CT molecular complexity index is 200. The van der Waals surface area contributed by atoms with Crippen LogP contribution in [-0.4, -0.2) is 42.0 Å². The van der Waals surface area contributed by atoms with Crippen molar-refractivity contribution in [2.75, 3.05) is 25.7 Å². The number of hydrazine groups is 1. The van der Waals surface area contributed by atoms with Crippen LogP contribution in [0.1, 0.15) is 13.8 Å². The van der Waals surface area contributed by atoms with E-state index in [1.165, 1.54) is 23.5 Å². The van der Waals surface area contributed by atoms with Gasteiger partial charge in [-0.15, -0.1) is 5.59 Å². The van der Waals surface area contributed by atoms with Crippen LogP contribution >= 0.6 is 23.7 Å². The molecule has 0 aromatic carbocycles. The molecule has 0 aliphatic heterocycles. The first kappa shape index (κ1) is 17.4. The molecule has 0 spiro atoms. The summed E-state index contributed by atoms with van der Waals surface area (Å²) in [6, 6.07) is 0. The van der Waals surface area contributed by atoms with E-state index in [1.54, 1.807) is 13.2 Å². The van der Waals surface area contributed by atoms with Crippen molar-refractivity contribution in [3.8, 4) is 0 Å². The van der Waals surface area contributed by atoms with Crippen LogP contribution in [0.3, 0.4) is 0 Å². The van der Waals surface area contributed by atoms with Crippen LogP contribution < -0.4 is 5.59 Å². The molecule has 0 aromatic rings. The number of ether oxygens (including phenoxy) is 2. The molecule has 17 heavy (non-hydrogen) atoms. The van der Waals surface area contributed by atoms with E-state index in [2.05, 4.69) is 10.3 Å². The second kappa shape index (κ2) is 9.31. The Labute approximate surface area is 109 Å². The van der Waals surface area contributed by atoms with E-state index in [0.717, 1.165) is 11.8 Å². The Hall–Kier alpha value is 0.360. The van der Waals surface area contributed by atoms with Crippen molar-refractivity contribution in [3.05, 3.63) is 0 Å². The average molecular weight is 292 g/mol. The molecule has 0 heterocycles. The zero-order valence-electron chi connectivity index (χ0n) is 10.2. The third kappa shape index (κ3) is 5.69. The highest BCUT2D eigenvalue weighted by Crippen LogP contribution is 2.35. The number of thioether (sulfide) groups is 1. The van der Waals surface area contributed by atoms with Crippen molar-refractivity contribution in [3.63, 3.8) is 0 Å². The van der Waals surface area contributed by atoms with Crippen molar-refractivity contribution < 1.29 is 23.1 Å². The Kier molecular flexibility index (Phi) is 9.51. The highest BCUT2D eigenvalue weighted by molar-refractivity contribution is 8.01. The summed E-state index contributed by atoms with van der Waals surface area (Å²) in [6.07, 6.45) is 1.61. The van der Waals surface area contributed by atoms with Crippen molar-refractivity contribution in [1.29, 1.82) is 0 Å². The number of rotatable bonds is 10. The van der Waals surface area contributed by atoms with E-state index >= 15 is 0 Å². The number of alkyl halides is 2. The fraction of sp³-hybridized carbons (Fsp3) is 1.00. The molecule has 0 aromatic heterocycles. The van der Waals surface area contributed by atoms with Gasteiger partial charge in [0.1, 0.15) is 0 Å². The van der Waals surface area contributed by atoms with Gasteiger partial charge in [-0.3, -0.25) is 9.57 Å². The largest absolute Gasteiger partial charge is 0.349 e. The lowest BCUT2D eigenvalue weighted by Gasteiger charge is -2.38. The van der Waals surface area contributed by atoms with Crippen molar-refractivity contribution in [2.45, 2.75) is 25.7 Å². The zero-order chi connectivity index (χ0) is 13.3. The summed E-state index contributed by atoms with van der Waals surface area (Å²) in [5.41, 5.74) is 2.46. The van der Waals surface area contributed by atoms with Crippen LogP contribution in [-0.2, 0) is 14.3 Å². The number of nitrogens with one attached hydrogen (secondary N) is 1. The fourth-order valence-electron chi connectivity index (χ4n) is 0.999. The summed E-state index contributed by atoms with van der Waals surface area (Å²) in [5, 5.41) is -1.64. The topological polar surface area (TPSA) is 43.0 Å². The average Bonchev–Trinajstić information content (AvgIpc) is 2.27. The van der Waals surface area contributed by atoms with Crippen LogP contribution in [0, 0.1) is 0 Å². The Morgan fingerprint density at radius 3 is 2.41 bits per heavy atom. The predicted octanol–water partition coefficient (Wildman–Crippen LogP) is 2.27. The summed E-state index contributed by atoms with van der Waals surface area (Å²) in [4.78, 5) is 4.73. The van der Waals surface area contributed by atoms with E-state index in [-0.39, 0.29) is 6.61 Å². The smallest absolute Gasteiger partial charge is 0.327 e. The van der Waals surface area contributed by atoms with E-state index in [1.807, 2.05) is 6.92 Å². The molecule has 5 nitrogen and oxygen atoms in total. The number of hydrogen-bond donors (Lipinski definition) is 1. The van der Waals surface area contributed by atoms with Crippen molar-refractivity contribution in [2.24, 2.45) is 0 Å². The van der Waals surface area contributed by atoms with E-state index in [0.29, 0.717) is 5.75 Å². The van der Waals surface area contributed by atoms with Gasteiger partial charge in [0, 0.05) is 12.4 Å². The molecule has 0 saturated carbocycles. The fourth-order valence-corrected chi connectivity index (χ4v) is 2.63. The van der Waals surface area contributed by atoms with Crippen LogP contribution in [0.4, 0.5) is 8.78 Å². The zero-order valence-corrected chi connectivity index (χ0v) is 11.9. The Balaban J connectivity index is 4.90. The SMILES string of the molecule is CCOC(OC(F)F)(SC)N(NOC)SCC. The molecule has 1 unspecified atom stereocenters. The lowest BCUT2D eigenvalue weighted by atomic mass is 10.8. The third-order valence-electron chi connectivity index (χ3n) is 1.50. The first-order valence-corrected chi connectivity index (χ1v) is 7.09. The molecule has 0 radical (unpaired) electrons. The molecule has 1 atom stereocenters. The van der Waals surface area contributed by atoms with Crippen LogP contribution in [0.2, 0.25) is 0 Å². The summed E-state index contributed by atoms with van der Waals surface area (Å²) >= 11 is 2.20. The second-order valence-electron chi connectivity index (χ2n) is 2.55. The molecular formula is C8H18F2N2O3S2. The minimum Gasteiger partial charge on any atom is -0.327 e. The lowest BCUT2D eigenvalue weighted by Crippen LogP contribution is -2.53. The molecule has 0 fully saturated rings. The molecule has 0 saturated heterocycles. The van der Waals surface area contributed by atoms with E-state index in [4.69, 9.17) is 9.57 Å². The highest BCUT2D eigenvalue weighted by Gasteiger charge is 2.42. The van der Waals surface area contributed by atoms with Crippen molar-refractivity contribution >= 4 is 23.7 Å². The van der Waals surface area contributed by atoms with Gasteiger partial charge in [0.15, 0.2) is 0 Å². The molecule has 9 heteroatoms. The first-order valence-electron chi connectivity index (χ1n) is 4.93. The normalized spacial score (nSPS) is 15.5. The van der Waals surface area contributed by atoms with Crippen LogP contribution in [0.25, 0.3) is 0 Å². The summed E-state index contributed by atoms with van der Waals surface area (Å²) in [6.45, 7) is 0.836. The van der Waals surface area contributed by atoms with Gasteiger partial charge < -0.3 is 4.74 Å². The van der Waals surface area contributed by atoms with Gasteiger partial charge in [-0.05, 0) is 13.2 Å². The molecule has 0 bridgehead atoms. The van der Waals surface area contributed by atoms with Gasteiger partial charge in [-0.25, -0.2) is 0 Å². The Morgan fingerprint density at radius 2 is 2.06 bits per heavy atom. The summed E-state index contributed by atoms with van der Waals surface area (Å²) < 4.78 is 36.0. The van der Waals surface area contributed by atoms with E-state index < -0.39 is 11.9 Å². The molecule has 0 aliphatic rings. The number of nitrogens with zero attached hydrogens (tertiary/aromatic N) is 1. The first-order chi connectivity index (χ1) is 8.06. The minimum absolute atomic E-state index is 0.222. The lowest BCUT2D eigenvalue weighted by molar-refractivity contribution is -0.321. The number of halogens is 2. The molecule has 0 amide bonds. The maximum Gasteiger partial charge on any atom is 0.349 e. The standard InChI is InChI=1S/C8H18F2N2O3S2/c1-5-14-8(16-4,15-7(9)10)12(11-13-3)17-6-2/h7,11H,5-6H2,1-4H3. The molecular weight excluding hydrogens is 274 g/mol. The molecule has 1 N–H and O–H groups in total. The predicted molar refractivity (Wildman–Crippen MR) is 65.1 cm³/mol.